The Balaban J connectivity index is 1.46. The number of likely N-dealkylation sites (N-methyl/N-ethyl adjacent to an activating group) is 1. The van der Waals surface area contributed by atoms with E-state index in [9.17, 15) is 27.2 Å². The minimum atomic E-state index is -4.53. The SMILES string of the molecule is CC(NC(=O)C1CC(=O)N(c2cccc(C(F)(F)F)c2)C1)c1cc(F)ccc1N1CCN(C)CC1. The number of carbonyl (C=O) groups excluding carboxylic acids is 2. The topological polar surface area (TPSA) is 55.9 Å². The molecule has 0 bridgehead atoms. The van der Waals surface area contributed by atoms with Crippen molar-refractivity contribution in [2.45, 2.75) is 25.6 Å². The summed E-state index contributed by atoms with van der Waals surface area (Å²) in [7, 11) is 2.04. The number of piperazine rings is 1. The van der Waals surface area contributed by atoms with Crippen LogP contribution in [0.15, 0.2) is 42.5 Å². The number of carbonyl (C=O) groups is 2. The summed E-state index contributed by atoms with van der Waals surface area (Å²) in [6, 6.07) is 8.51. The van der Waals surface area contributed by atoms with Crippen LogP contribution in [0.4, 0.5) is 28.9 Å². The lowest BCUT2D eigenvalue weighted by atomic mass is 10.0. The van der Waals surface area contributed by atoms with Crippen LogP contribution < -0.4 is 15.1 Å². The Bertz CT molecular complexity index is 1100. The molecule has 0 aliphatic carbocycles. The Morgan fingerprint density at radius 1 is 1.09 bits per heavy atom. The van der Waals surface area contributed by atoms with Crippen molar-refractivity contribution in [1.29, 1.82) is 0 Å². The van der Waals surface area contributed by atoms with Crippen LogP contribution in [0.2, 0.25) is 0 Å². The first-order valence-corrected chi connectivity index (χ1v) is 11.5. The van der Waals surface area contributed by atoms with E-state index in [-0.39, 0.29) is 18.7 Å². The summed E-state index contributed by atoms with van der Waals surface area (Å²) in [4.78, 5) is 31.1. The summed E-state index contributed by atoms with van der Waals surface area (Å²) >= 11 is 0. The van der Waals surface area contributed by atoms with E-state index >= 15 is 0 Å². The maximum absolute atomic E-state index is 14.1. The highest BCUT2D eigenvalue weighted by atomic mass is 19.4. The van der Waals surface area contributed by atoms with Gasteiger partial charge in [-0.05, 0) is 50.4 Å². The Labute approximate surface area is 201 Å². The number of nitrogens with zero attached hydrogens (tertiary/aromatic N) is 3. The maximum Gasteiger partial charge on any atom is 0.416 e. The van der Waals surface area contributed by atoms with Gasteiger partial charge in [0.1, 0.15) is 5.82 Å². The molecule has 2 heterocycles. The molecule has 0 radical (unpaired) electrons. The van der Waals surface area contributed by atoms with Gasteiger partial charge in [0.05, 0.1) is 17.5 Å². The van der Waals surface area contributed by atoms with Crippen LogP contribution in [-0.4, -0.2) is 56.5 Å². The first-order chi connectivity index (χ1) is 16.5. The van der Waals surface area contributed by atoms with Gasteiger partial charge in [0.15, 0.2) is 0 Å². The number of amides is 2. The molecule has 2 fully saturated rings. The van der Waals surface area contributed by atoms with Crippen molar-refractivity contribution in [2.75, 3.05) is 49.6 Å². The molecule has 2 unspecified atom stereocenters. The molecule has 2 aromatic carbocycles. The van der Waals surface area contributed by atoms with Crippen molar-refractivity contribution in [3.05, 3.63) is 59.4 Å². The average Bonchev–Trinajstić information content (AvgIpc) is 3.21. The average molecular weight is 493 g/mol. The fraction of sp³-hybridized carbons (Fsp3) is 0.440. The maximum atomic E-state index is 14.1. The van der Waals surface area contributed by atoms with E-state index in [2.05, 4.69) is 15.1 Å². The number of nitrogens with one attached hydrogen (secondary N) is 1. The molecular formula is C25H28F4N4O2. The van der Waals surface area contributed by atoms with Crippen LogP contribution >= 0.6 is 0 Å². The quantitative estimate of drug-likeness (QED) is 0.645. The van der Waals surface area contributed by atoms with Gasteiger partial charge in [-0.2, -0.15) is 13.2 Å². The smallest absolute Gasteiger partial charge is 0.369 e. The predicted molar refractivity (Wildman–Crippen MR) is 125 cm³/mol. The highest BCUT2D eigenvalue weighted by Crippen LogP contribution is 2.34. The molecular weight excluding hydrogens is 464 g/mol. The summed E-state index contributed by atoms with van der Waals surface area (Å²) in [5.41, 5.74) is 0.741. The van der Waals surface area contributed by atoms with Gasteiger partial charge in [-0.15, -0.1) is 0 Å². The molecule has 188 valence electrons. The molecule has 2 saturated heterocycles. The third kappa shape index (κ3) is 5.58. The van der Waals surface area contributed by atoms with Crippen LogP contribution in [0.25, 0.3) is 0 Å². The number of alkyl halides is 3. The normalized spacial score (nSPS) is 20.3. The Hall–Kier alpha value is -3.14. The minimum Gasteiger partial charge on any atom is -0.369 e. The Morgan fingerprint density at radius 3 is 2.49 bits per heavy atom. The summed E-state index contributed by atoms with van der Waals surface area (Å²) < 4.78 is 53.3. The lowest BCUT2D eigenvalue weighted by Crippen LogP contribution is -2.45. The lowest BCUT2D eigenvalue weighted by molar-refractivity contribution is -0.137. The molecule has 0 aromatic heterocycles. The molecule has 10 heteroatoms. The van der Waals surface area contributed by atoms with Gasteiger partial charge in [-0.1, -0.05) is 6.07 Å². The van der Waals surface area contributed by atoms with Gasteiger partial charge < -0.3 is 20.0 Å². The summed E-state index contributed by atoms with van der Waals surface area (Å²) in [5, 5.41) is 2.88. The fourth-order valence-corrected chi connectivity index (χ4v) is 4.60. The number of hydrogen-bond donors (Lipinski definition) is 1. The lowest BCUT2D eigenvalue weighted by Gasteiger charge is -2.36. The molecule has 1 N–H and O–H groups in total. The van der Waals surface area contributed by atoms with E-state index in [4.69, 9.17) is 0 Å². The van der Waals surface area contributed by atoms with Crippen molar-refractivity contribution in [2.24, 2.45) is 5.92 Å². The van der Waals surface area contributed by atoms with Crippen molar-refractivity contribution in [1.82, 2.24) is 10.2 Å². The molecule has 35 heavy (non-hydrogen) atoms. The molecule has 2 atom stereocenters. The van der Waals surface area contributed by atoms with Gasteiger partial charge in [-0.3, -0.25) is 9.59 Å². The monoisotopic (exact) mass is 492 g/mol. The van der Waals surface area contributed by atoms with E-state index in [1.807, 2.05) is 7.05 Å². The first-order valence-electron chi connectivity index (χ1n) is 11.5. The molecule has 2 aromatic rings. The van der Waals surface area contributed by atoms with Crippen molar-refractivity contribution < 1.29 is 27.2 Å². The van der Waals surface area contributed by atoms with Crippen LogP contribution in [-0.2, 0) is 15.8 Å². The van der Waals surface area contributed by atoms with E-state index < -0.39 is 41.3 Å². The van der Waals surface area contributed by atoms with Gasteiger partial charge in [0.25, 0.3) is 0 Å². The highest BCUT2D eigenvalue weighted by Gasteiger charge is 2.37. The largest absolute Gasteiger partial charge is 0.416 e. The number of benzene rings is 2. The second-order valence-corrected chi connectivity index (χ2v) is 9.18. The van der Waals surface area contributed by atoms with E-state index in [0.29, 0.717) is 5.56 Å². The molecule has 2 aliphatic rings. The number of anilines is 2. The standard InChI is InChI=1S/C25H28F4N4O2/c1-16(21-14-19(26)6-7-22(21)32-10-8-31(2)9-11-32)30-24(35)17-12-23(34)33(15-17)20-5-3-4-18(13-20)25(27,28)29/h3-7,13-14,16-17H,8-12,15H2,1-2H3,(H,30,35). The molecule has 0 saturated carbocycles. The van der Waals surface area contributed by atoms with Crippen LogP contribution in [0.3, 0.4) is 0 Å². The molecule has 4 rings (SSSR count). The zero-order chi connectivity index (χ0) is 25.3. The van der Waals surface area contributed by atoms with Crippen molar-refractivity contribution >= 4 is 23.2 Å². The second kappa shape index (κ2) is 9.85. The van der Waals surface area contributed by atoms with E-state index in [1.54, 1.807) is 13.0 Å². The number of rotatable bonds is 5. The van der Waals surface area contributed by atoms with Crippen LogP contribution in [0, 0.1) is 11.7 Å². The third-order valence-corrected chi connectivity index (χ3v) is 6.64. The molecule has 2 aliphatic heterocycles. The third-order valence-electron chi connectivity index (χ3n) is 6.64. The van der Waals surface area contributed by atoms with E-state index in [1.165, 1.54) is 29.2 Å². The van der Waals surface area contributed by atoms with Crippen LogP contribution in [0.1, 0.15) is 30.5 Å². The summed E-state index contributed by atoms with van der Waals surface area (Å²) in [6.45, 7) is 5.03. The molecule has 6 nitrogen and oxygen atoms in total. The predicted octanol–water partition coefficient (Wildman–Crippen LogP) is 3.83. The van der Waals surface area contributed by atoms with Gasteiger partial charge in [0.2, 0.25) is 11.8 Å². The van der Waals surface area contributed by atoms with Crippen LogP contribution in [0.5, 0.6) is 0 Å². The molecule has 0 spiro atoms. The fourth-order valence-electron chi connectivity index (χ4n) is 4.60. The van der Waals surface area contributed by atoms with Gasteiger partial charge in [-0.25, -0.2) is 4.39 Å². The highest BCUT2D eigenvalue weighted by molar-refractivity contribution is 6.00. The van der Waals surface area contributed by atoms with Gasteiger partial charge in [0, 0.05) is 56.1 Å². The van der Waals surface area contributed by atoms with Gasteiger partial charge >= 0.3 is 6.18 Å². The zero-order valence-corrected chi connectivity index (χ0v) is 19.6. The van der Waals surface area contributed by atoms with E-state index in [0.717, 1.165) is 44.0 Å². The first kappa shape index (κ1) is 25.0. The second-order valence-electron chi connectivity index (χ2n) is 9.18. The zero-order valence-electron chi connectivity index (χ0n) is 19.6. The number of halogens is 4. The summed E-state index contributed by atoms with van der Waals surface area (Å²) in [6.07, 6.45) is -4.64. The summed E-state index contributed by atoms with van der Waals surface area (Å²) in [5.74, 6) is -1.94. The minimum absolute atomic E-state index is 0.0207. The Morgan fingerprint density at radius 2 is 1.80 bits per heavy atom. The number of hydrogen-bond acceptors (Lipinski definition) is 4. The molecule has 2 amide bonds. The van der Waals surface area contributed by atoms with Crippen molar-refractivity contribution in [3.8, 4) is 0 Å². The van der Waals surface area contributed by atoms with Crippen molar-refractivity contribution in [3.63, 3.8) is 0 Å². The Kier molecular flexibility index (Phi) is 7.02.